The minimum Gasteiger partial charge on any atom is -0.491 e. The molecule has 1 aromatic carbocycles. The van der Waals surface area contributed by atoms with Crippen LogP contribution in [0.15, 0.2) is 18.2 Å². The molecule has 0 amide bonds. The van der Waals surface area contributed by atoms with Gasteiger partial charge in [0.1, 0.15) is 12.4 Å². The highest BCUT2D eigenvalue weighted by Crippen LogP contribution is 2.37. The van der Waals surface area contributed by atoms with Crippen LogP contribution in [0.1, 0.15) is 17.0 Å². The number of likely N-dealkylation sites (N-methyl/N-ethyl adjacent to an activating group) is 2. The Hall–Kier alpha value is -2.10. The van der Waals surface area contributed by atoms with Crippen molar-refractivity contribution in [1.29, 1.82) is 0 Å². The standard InChI is InChI=1S/C19H27F3N4O2/c1-12-18(17(26-25-12)10-15(24-3)11-23-2)13-7-14(19(20,21)22)9-16(8-13)28-6-5-27-4/h7-9,15,23-24H,5-6,10-11H2,1-4H3,(H,25,26). The summed E-state index contributed by atoms with van der Waals surface area (Å²) in [5, 5.41) is 13.5. The van der Waals surface area contributed by atoms with E-state index in [9.17, 15) is 13.2 Å². The van der Waals surface area contributed by atoms with E-state index >= 15 is 0 Å². The van der Waals surface area contributed by atoms with Crippen molar-refractivity contribution in [2.24, 2.45) is 0 Å². The number of halogens is 3. The molecule has 0 fully saturated rings. The van der Waals surface area contributed by atoms with E-state index in [4.69, 9.17) is 9.47 Å². The van der Waals surface area contributed by atoms with Crippen molar-refractivity contribution in [2.75, 3.05) is 41.0 Å². The van der Waals surface area contributed by atoms with Gasteiger partial charge >= 0.3 is 6.18 Å². The lowest BCUT2D eigenvalue weighted by Crippen LogP contribution is -2.37. The molecule has 1 aromatic heterocycles. The van der Waals surface area contributed by atoms with Gasteiger partial charge in [0.2, 0.25) is 0 Å². The van der Waals surface area contributed by atoms with E-state index in [1.165, 1.54) is 7.11 Å². The Labute approximate surface area is 162 Å². The molecule has 0 saturated heterocycles. The van der Waals surface area contributed by atoms with Crippen LogP contribution in [0.25, 0.3) is 11.1 Å². The van der Waals surface area contributed by atoms with Crippen LogP contribution in [-0.2, 0) is 17.3 Å². The summed E-state index contributed by atoms with van der Waals surface area (Å²) >= 11 is 0. The highest BCUT2D eigenvalue weighted by molar-refractivity contribution is 5.71. The van der Waals surface area contributed by atoms with Gasteiger partial charge in [-0.3, -0.25) is 5.10 Å². The van der Waals surface area contributed by atoms with E-state index in [-0.39, 0.29) is 25.0 Å². The average molecular weight is 400 g/mol. The first-order chi connectivity index (χ1) is 13.3. The van der Waals surface area contributed by atoms with Crippen LogP contribution in [0.2, 0.25) is 0 Å². The highest BCUT2D eigenvalue weighted by atomic mass is 19.4. The van der Waals surface area contributed by atoms with Crippen molar-refractivity contribution in [3.8, 4) is 16.9 Å². The number of nitrogens with one attached hydrogen (secondary N) is 3. The van der Waals surface area contributed by atoms with Gasteiger partial charge in [-0.15, -0.1) is 0 Å². The smallest absolute Gasteiger partial charge is 0.416 e. The first-order valence-corrected chi connectivity index (χ1v) is 9.00. The fraction of sp³-hybridized carbons (Fsp3) is 0.526. The van der Waals surface area contributed by atoms with E-state index in [0.717, 1.165) is 12.1 Å². The Morgan fingerprint density at radius 2 is 1.93 bits per heavy atom. The number of hydrogen-bond donors (Lipinski definition) is 3. The first kappa shape index (κ1) is 22.2. The zero-order valence-corrected chi connectivity index (χ0v) is 16.5. The summed E-state index contributed by atoms with van der Waals surface area (Å²) < 4.78 is 50.6. The molecular formula is C19H27F3N4O2. The van der Waals surface area contributed by atoms with Gasteiger partial charge in [0.05, 0.1) is 17.9 Å². The van der Waals surface area contributed by atoms with Gasteiger partial charge in [0, 0.05) is 37.4 Å². The maximum absolute atomic E-state index is 13.4. The largest absolute Gasteiger partial charge is 0.491 e. The molecule has 2 aromatic rings. The molecule has 2 rings (SSSR count). The van der Waals surface area contributed by atoms with Crippen LogP contribution in [-0.4, -0.2) is 57.2 Å². The number of H-pyrrole nitrogens is 1. The van der Waals surface area contributed by atoms with E-state index in [1.807, 2.05) is 14.1 Å². The number of aromatic amines is 1. The highest BCUT2D eigenvalue weighted by Gasteiger charge is 2.32. The molecule has 9 heteroatoms. The van der Waals surface area contributed by atoms with Gasteiger partial charge in [0.25, 0.3) is 0 Å². The molecule has 1 unspecified atom stereocenters. The van der Waals surface area contributed by atoms with Crippen LogP contribution >= 0.6 is 0 Å². The number of hydrogen-bond acceptors (Lipinski definition) is 5. The molecule has 0 bridgehead atoms. The summed E-state index contributed by atoms with van der Waals surface area (Å²) in [6.07, 6.45) is -3.92. The number of benzene rings is 1. The summed E-state index contributed by atoms with van der Waals surface area (Å²) in [6.45, 7) is 2.95. The molecule has 1 atom stereocenters. The summed E-state index contributed by atoms with van der Waals surface area (Å²) in [6, 6.07) is 3.84. The topological polar surface area (TPSA) is 71.2 Å². The van der Waals surface area contributed by atoms with Gasteiger partial charge in [0.15, 0.2) is 0 Å². The summed E-state index contributed by atoms with van der Waals surface area (Å²) in [5.74, 6) is 0.147. The normalized spacial score (nSPS) is 13.0. The Kier molecular flexibility index (Phi) is 7.85. The predicted molar refractivity (Wildman–Crippen MR) is 102 cm³/mol. The number of aryl methyl sites for hydroxylation is 1. The third-order valence-electron chi connectivity index (χ3n) is 4.40. The van der Waals surface area contributed by atoms with Crippen molar-refractivity contribution >= 4 is 0 Å². The molecule has 1 heterocycles. The number of methoxy groups -OCH3 is 1. The zero-order chi connectivity index (χ0) is 20.7. The van der Waals surface area contributed by atoms with Gasteiger partial charge < -0.3 is 20.1 Å². The van der Waals surface area contributed by atoms with Gasteiger partial charge in [-0.2, -0.15) is 18.3 Å². The molecule has 0 radical (unpaired) electrons. The predicted octanol–water partition coefficient (Wildman–Crippen LogP) is 2.78. The van der Waals surface area contributed by atoms with Gasteiger partial charge in [-0.1, -0.05) is 0 Å². The summed E-state index contributed by atoms with van der Waals surface area (Å²) in [4.78, 5) is 0. The van der Waals surface area contributed by atoms with E-state index in [1.54, 1.807) is 13.0 Å². The van der Waals surface area contributed by atoms with E-state index in [0.29, 0.717) is 35.5 Å². The van der Waals surface area contributed by atoms with Crippen molar-refractivity contribution in [1.82, 2.24) is 20.8 Å². The quantitative estimate of drug-likeness (QED) is 0.535. The Morgan fingerprint density at radius 3 is 2.54 bits per heavy atom. The minimum absolute atomic E-state index is 0.0923. The second-order valence-electron chi connectivity index (χ2n) is 6.50. The van der Waals surface area contributed by atoms with Crippen molar-refractivity contribution in [3.05, 3.63) is 35.2 Å². The number of ether oxygens (including phenoxy) is 2. The minimum atomic E-state index is -4.48. The maximum Gasteiger partial charge on any atom is 0.416 e. The lowest BCUT2D eigenvalue weighted by molar-refractivity contribution is -0.137. The SMILES string of the molecule is CNCC(Cc1n[nH]c(C)c1-c1cc(OCCOC)cc(C(F)(F)F)c1)NC. The molecule has 0 aliphatic rings. The molecule has 0 saturated carbocycles. The third kappa shape index (κ3) is 5.70. The van der Waals surface area contributed by atoms with Crippen molar-refractivity contribution in [2.45, 2.75) is 25.6 Å². The molecule has 28 heavy (non-hydrogen) atoms. The summed E-state index contributed by atoms with van der Waals surface area (Å²) in [7, 11) is 5.19. The second kappa shape index (κ2) is 9.90. The summed E-state index contributed by atoms with van der Waals surface area (Å²) in [5.41, 5.74) is 1.73. The Bertz CT molecular complexity index is 762. The zero-order valence-electron chi connectivity index (χ0n) is 16.5. The monoisotopic (exact) mass is 400 g/mol. The van der Waals surface area contributed by atoms with Crippen molar-refractivity contribution < 1.29 is 22.6 Å². The fourth-order valence-electron chi connectivity index (χ4n) is 3.00. The van der Waals surface area contributed by atoms with E-state index in [2.05, 4.69) is 20.8 Å². The van der Waals surface area contributed by atoms with Crippen LogP contribution in [0, 0.1) is 6.92 Å². The number of nitrogens with zero attached hydrogens (tertiary/aromatic N) is 1. The molecule has 156 valence electrons. The number of alkyl halides is 3. The van der Waals surface area contributed by atoms with E-state index < -0.39 is 11.7 Å². The second-order valence-corrected chi connectivity index (χ2v) is 6.50. The Morgan fingerprint density at radius 1 is 1.18 bits per heavy atom. The third-order valence-corrected chi connectivity index (χ3v) is 4.40. The molecule has 0 aliphatic heterocycles. The van der Waals surface area contributed by atoms with Gasteiger partial charge in [-0.05, 0) is 44.8 Å². The fourth-order valence-corrected chi connectivity index (χ4v) is 3.00. The van der Waals surface area contributed by atoms with Crippen LogP contribution in [0.4, 0.5) is 13.2 Å². The lowest BCUT2D eigenvalue weighted by atomic mass is 9.97. The first-order valence-electron chi connectivity index (χ1n) is 9.00. The van der Waals surface area contributed by atoms with Crippen LogP contribution in [0.3, 0.4) is 0 Å². The van der Waals surface area contributed by atoms with Crippen LogP contribution < -0.4 is 15.4 Å². The molecule has 0 aliphatic carbocycles. The number of aromatic nitrogens is 2. The maximum atomic E-state index is 13.4. The number of rotatable bonds is 10. The molecule has 3 N–H and O–H groups in total. The van der Waals surface area contributed by atoms with Gasteiger partial charge in [-0.25, -0.2) is 0 Å². The Balaban J connectivity index is 2.45. The lowest BCUT2D eigenvalue weighted by Gasteiger charge is -2.17. The average Bonchev–Trinajstić information content (AvgIpc) is 3.01. The molecule has 0 spiro atoms. The van der Waals surface area contributed by atoms with Crippen molar-refractivity contribution in [3.63, 3.8) is 0 Å². The molecule has 6 nitrogen and oxygen atoms in total. The molecular weight excluding hydrogens is 373 g/mol. The van der Waals surface area contributed by atoms with Crippen LogP contribution in [0.5, 0.6) is 5.75 Å².